The molecule has 3 aliphatic rings. The highest BCUT2D eigenvalue weighted by atomic mass is 16.8. The molecular formula is C21H31NO6. The molecule has 0 aromatic heterocycles. The number of nitrogens with zero attached hydrogens (tertiary/aromatic N) is 1. The van der Waals surface area contributed by atoms with Gasteiger partial charge in [0.2, 0.25) is 0 Å². The Morgan fingerprint density at radius 2 is 1.43 bits per heavy atom. The molecule has 3 rings (SSSR count). The maximum atomic E-state index is 11.5. The summed E-state index contributed by atoms with van der Waals surface area (Å²) in [5, 5.41) is 9.69. The molecule has 1 heterocycles. The van der Waals surface area contributed by atoms with Gasteiger partial charge in [-0.05, 0) is 64.2 Å². The summed E-state index contributed by atoms with van der Waals surface area (Å²) >= 11 is 0. The molecule has 2 atom stereocenters. The third kappa shape index (κ3) is 8.25. The summed E-state index contributed by atoms with van der Waals surface area (Å²) in [6, 6.07) is 0. The second kappa shape index (κ2) is 12.3. The smallest absolute Gasteiger partial charge is 0.429 e. The van der Waals surface area contributed by atoms with Crippen molar-refractivity contribution < 1.29 is 29.1 Å². The minimum absolute atomic E-state index is 0.0325. The van der Waals surface area contributed by atoms with Crippen LogP contribution in [0.1, 0.15) is 77.0 Å². The normalized spacial score (nSPS) is 28.0. The Morgan fingerprint density at radius 3 is 2.11 bits per heavy atom. The molecule has 1 saturated heterocycles. The highest BCUT2D eigenvalue weighted by molar-refractivity contribution is 6.01. The standard InChI is InChI=1S/C13H17NO5.C8H14O/c15-11-8-9-12(16)14(11)19-13(17)18-10-6-4-2-1-3-5-7-10;9-8-6-4-2-1-3-5-7-8/h1-2,10H,3-9H2;1-2,8-9H,3-7H2/b2*2-1+. The van der Waals surface area contributed by atoms with Crippen LogP contribution in [0.5, 0.6) is 0 Å². The van der Waals surface area contributed by atoms with Crippen LogP contribution in [0.25, 0.3) is 0 Å². The first-order valence-corrected chi connectivity index (χ1v) is 10.3. The van der Waals surface area contributed by atoms with Gasteiger partial charge < -0.3 is 9.84 Å². The number of ether oxygens (including phenoxy) is 1. The monoisotopic (exact) mass is 393 g/mol. The Morgan fingerprint density at radius 1 is 0.857 bits per heavy atom. The molecule has 1 fully saturated rings. The van der Waals surface area contributed by atoms with E-state index < -0.39 is 18.0 Å². The third-order valence-electron chi connectivity index (χ3n) is 4.89. The largest absolute Gasteiger partial charge is 0.534 e. The van der Waals surface area contributed by atoms with Crippen LogP contribution >= 0.6 is 0 Å². The topological polar surface area (TPSA) is 93.1 Å². The average Bonchev–Trinajstić information content (AvgIpc) is 2.93. The number of carbonyl (C=O) groups excluding carboxylic acids is 3. The number of aliphatic hydroxyl groups is 1. The second-order valence-corrected chi connectivity index (χ2v) is 7.28. The molecule has 2 aliphatic carbocycles. The Kier molecular flexibility index (Phi) is 9.76. The molecule has 7 nitrogen and oxygen atoms in total. The van der Waals surface area contributed by atoms with Crippen LogP contribution < -0.4 is 0 Å². The van der Waals surface area contributed by atoms with Gasteiger partial charge >= 0.3 is 6.16 Å². The molecule has 0 radical (unpaired) electrons. The summed E-state index contributed by atoms with van der Waals surface area (Å²) in [5.74, 6) is -0.995. The first-order chi connectivity index (χ1) is 13.6. The molecule has 1 N–H and O–H groups in total. The van der Waals surface area contributed by atoms with Crippen LogP contribution in [0.4, 0.5) is 4.79 Å². The Bertz CT molecular complexity index is 569. The first kappa shape index (κ1) is 22.1. The predicted octanol–water partition coefficient (Wildman–Crippen LogP) is 3.96. The van der Waals surface area contributed by atoms with Crippen LogP contribution in [0.3, 0.4) is 0 Å². The molecule has 0 aromatic rings. The molecule has 0 bridgehead atoms. The number of hydroxylamine groups is 2. The Labute approximate surface area is 166 Å². The molecule has 0 saturated carbocycles. The van der Waals surface area contributed by atoms with Crippen molar-refractivity contribution in [3.8, 4) is 0 Å². The summed E-state index contributed by atoms with van der Waals surface area (Å²) in [5.41, 5.74) is 0. The molecule has 0 aromatic carbocycles. The molecular weight excluding hydrogens is 362 g/mol. The van der Waals surface area contributed by atoms with Crippen molar-refractivity contribution >= 4 is 18.0 Å². The molecule has 0 spiro atoms. The lowest BCUT2D eigenvalue weighted by molar-refractivity contribution is -0.178. The van der Waals surface area contributed by atoms with E-state index in [1.54, 1.807) is 0 Å². The summed E-state index contributed by atoms with van der Waals surface area (Å²) < 4.78 is 5.14. The van der Waals surface area contributed by atoms with E-state index in [1.165, 1.54) is 0 Å². The van der Waals surface area contributed by atoms with Crippen LogP contribution in [0.2, 0.25) is 0 Å². The van der Waals surface area contributed by atoms with Crippen molar-refractivity contribution in [2.45, 2.75) is 89.3 Å². The Balaban J connectivity index is 0.000000261. The highest BCUT2D eigenvalue weighted by Crippen LogP contribution is 2.18. The summed E-state index contributed by atoms with van der Waals surface area (Å²) in [6.07, 6.45) is 17.1. The lowest BCUT2D eigenvalue weighted by Crippen LogP contribution is -2.33. The van der Waals surface area contributed by atoms with Gasteiger partial charge in [-0.3, -0.25) is 14.4 Å². The zero-order valence-electron chi connectivity index (χ0n) is 16.4. The van der Waals surface area contributed by atoms with E-state index in [-0.39, 0.29) is 25.0 Å². The van der Waals surface area contributed by atoms with Crippen molar-refractivity contribution in [3.05, 3.63) is 24.3 Å². The lowest BCUT2D eigenvalue weighted by Gasteiger charge is -2.19. The molecule has 2 unspecified atom stereocenters. The van der Waals surface area contributed by atoms with Gasteiger partial charge in [-0.1, -0.05) is 29.4 Å². The molecule has 28 heavy (non-hydrogen) atoms. The molecule has 1 aliphatic heterocycles. The van der Waals surface area contributed by atoms with Gasteiger partial charge in [-0.25, -0.2) is 4.79 Å². The fourth-order valence-electron chi connectivity index (χ4n) is 3.27. The van der Waals surface area contributed by atoms with Crippen LogP contribution in [0.15, 0.2) is 24.3 Å². The highest BCUT2D eigenvalue weighted by Gasteiger charge is 2.34. The number of amides is 2. The number of rotatable bonds is 2. The van der Waals surface area contributed by atoms with E-state index in [0.29, 0.717) is 5.06 Å². The third-order valence-corrected chi connectivity index (χ3v) is 4.89. The van der Waals surface area contributed by atoms with Crippen LogP contribution in [-0.4, -0.2) is 40.3 Å². The fourth-order valence-corrected chi connectivity index (χ4v) is 3.27. The van der Waals surface area contributed by atoms with Crippen LogP contribution in [-0.2, 0) is 19.2 Å². The summed E-state index contributed by atoms with van der Waals surface area (Å²) in [4.78, 5) is 38.8. The van der Waals surface area contributed by atoms with Gasteiger partial charge in [0, 0.05) is 12.8 Å². The first-order valence-electron chi connectivity index (χ1n) is 10.3. The average molecular weight is 393 g/mol. The van der Waals surface area contributed by atoms with Gasteiger partial charge in [-0.2, -0.15) is 0 Å². The van der Waals surface area contributed by atoms with E-state index in [9.17, 15) is 19.5 Å². The number of carbonyl (C=O) groups is 3. The number of imide groups is 1. The van der Waals surface area contributed by atoms with E-state index in [0.717, 1.165) is 64.2 Å². The maximum absolute atomic E-state index is 11.5. The fraction of sp³-hybridized carbons (Fsp3) is 0.667. The Hall–Kier alpha value is -2.15. The van der Waals surface area contributed by atoms with E-state index in [4.69, 9.17) is 4.74 Å². The maximum Gasteiger partial charge on any atom is 0.534 e. The van der Waals surface area contributed by atoms with Gasteiger partial charge in [0.05, 0.1) is 6.10 Å². The van der Waals surface area contributed by atoms with Crippen molar-refractivity contribution in [2.24, 2.45) is 0 Å². The van der Waals surface area contributed by atoms with Gasteiger partial charge in [-0.15, -0.1) is 0 Å². The van der Waals surface area contributed by atoms with Gasteiger partial charge in [0.15, 0.2) is 0 Å². The number of allylic oxidation sites excluding steroid dienone is 4. The number of aliphatic hydroxyl groups excluding tert-OH is 1. The van der Waals surface area contributed by atoms with E-state index >= 15 is 0 Å². The van der Waals surface area contributed by atoms with E-state index in [1.807, 2.05) is 0 Å². The molecule has 7 heteroatoms. The van der Waals surface area contributed by atoms with Crippen LogP contribution in [0, 0.1) is 0 Å². The predicted molar refractivity (Wildman–Crippen MR) is 103 cm³/mol. The summed E-state index contributed by atoms with van der Waals surface area (Å²) in [6.45, 7) is 0. The zero-order chi connectivity index (χ0) is 20.2. The van der Waals surface area contributed by atoms with Crippen molar-refractivity contribution in [3.63, 3.8) is 0 Å². The second-order valence-electron chi connectivity index (χ2n) is 7.28. The molecule has 2 amide bonds. The van der Waals surface area contributed by atoms with Crippen molar-refractivity contribution in [2.75, 3.05) is 0 Å². The van der Waals surface area contributed by atoms with Crippen molar-refractivity contribution in [1.82, 2.24) is 5.06 Å². The number of hydrogen-bond acceptors (Lipinski definition) is 6. The SMILES string of the molecule is O=C(OC1CC/C=C/CCC1)ON1C(=O)CCC1=O.OC1CC/C=C/CCC1. The van der Waals surface area contributed by atoms with Crippen molar-refractivity contribution in [1.29, 1.82) is 0 Å². The summed E-state index contributed by atoms with van der Waals surface area (Å²) in [7, 11) is 0. The quantitative estimate of drug-likeness (QED) is 0.434. The zero-order valence-corrected chi connectivity index (χ0v) is 16.4. The minimum Gasteiger partial charge on any atom is -0.429 e. The van der Waals surface area contributed by atoms with E-state index in [2.05, 4.69) is 29.1 Å². The van der Waals surface area contributed by atoms with Gasteiger partial charge in [0.25, 0.3) is 11.8 Å². The number of hydrogen-bond donors (Lipinski definition) is 1. The molecule has 156 valence electrons. The van der Waals surface area contributed by atoms with Gasteiger partial charge in [0.1, 0.15) is 6.10 Å². The lowest BCUT2D eigenvalue weighted by atomic mass is 10.0. The minimum atomic E-state index is -0.974.